The molecule has 0 bridgehead atoms. The molecule has 2 fully saturated rings. The number of aliphatic hydroxyl groups is 1. The zero-order valence-electron chi connectivity index (χ0n) is 20.4. The minimum absolute atomic E-state index is 0.0279. The van der Waals surface area contributed by atoms with E-state index in [2.05, 4.69) is 15.0 Å². The molecule has 5 rings (SSSR count). The standard InChI is InChI=1S/C23H22ClFN6O8/c1-30(2)17(32)10-5-3-4-9(6-10)7-22(19(33)34,20(35)36)39-14-13-23(14,37)12(25)18(38-13)31-8-27-11-15(26)28-21(24)29-16(11)31/h3-6,8,12-14,18,37H,7H2,1-2H3,(H,33,34)(H,35,36)(H2,26,28,29)/t12-,13-,14+,18-,23+/m1/s1. The molecule has 1 saturated heterocycles. The minimum atomic E-state index is -2.93. The molecule has 5 N–H and O–H groups in total. The van der Waals surface area contributed by atoms with Gasteiger partial charge in [-0.05, 0) is 29.3 Å². The summed E-state index contributed by atoms with van der Waals surface area (Å²) in [5.41, 5.74) is 0.951. The number of amides is 1. The van der Waals surface area contributed by atoms with E-state index in [0.29, 0.717) is 0 Å². The van der Waals surface area contributed by atoms with E-state index in [0.717, 1.165) is 10.9 Å². The maximum Gasteiger partial charge on any atom is 0.348 e. The molecule has 3 heterocycles. The first-order chi connectivity index (χ1) is 18.3. The Bertz CT molecular complexity index is 1500. The fourth-order valence-corrected chi connectivity index (χ4v) is 4.87. The molecular formula is C23H22ClFN6O8. The van der Waals surface area contributed by atoms with Gasteiger partial charge in [0, 0.05) is 26.1 Å². The number of aliphatic carboxylic acids is 2. The Morgan fingerprint density at radius 3 is 2.56 bits per heavy atom. The summed E-state index contributed by atoms with van der Waals surface area (Å²) in [5.74, 6) is -4.23. The van der Waals surface area contributed by atoms with Crippen molar-refractivity contribution in [1.82, 2.24) is 24.4 Å². The lowest BCUT2D eigenvalue weighted by Gasteiger charge is -2.29. The highest BCUT2D eigenvalue weighted by Gasteiger charge is 2.80. The number of halogens is 2. The SMILES string of the molecule is CN(C)C(=O)c1cccc(CC(O[C@H]2[C@H]3O[C@@H](n4cnc5c(N)nc(Cl)nc54)[C@@H](F)[C@]32O)(C(=O)O)C(=O)O)c1. The normalized spacial score (nSPS) is 25.9. The summed E-state index contributed by atoms with van der Waals surface area (Å²) < 4.78 is 27.8. The number of nitrogens with two attached hydrogens (primary N) is 1. The van der Waals surface area contributed by atoms with E-state index in [-0.39, 0.29) is 39.3 Å². The molecule has 1 aliphatic heterocycles. The predicted octanol–water partition coefficient (Wildman–Crippen LogP) is 0.280. The second-order valence-electron chi connectivity index (χ2n) is 9.49. The Kier molecular flexibility index (Phi) is 6.21. The molecule has 39 heavy (non-hydrogen) atoms. The number of carbonyl (C=O) groups excluding carboxylic acids is 1. The number of imidazole rings is 1. The summed E-state index contributed by atoms with van der Waals surface area (Å²) >= 11 is 5.85. The van der Waals surface area contributed by atoms with Gasteiger partial charge in [-0.3, -0.25) is 9.36 Å². The van der Waals surface area contributed by atoms with Gasteiger partial charge < -0.3 is 35.4 Å². The van der Waals surface area contributed by atoms with Crippen LogP contribution in [0.1, 0.15) is 22.1 Å². The molecule has 3 aromatic rings. The largest absolute Gasteiger partial charge is 0.479 e. The van der Waals surface area contributed by atoms with Gasteiger partial charge in [0.15, 0.2) is 29.5 Å². The van der Waals surface area contributed by atoms with E-state index in [1.165, 1.54) is 43.3 Å². The lowest BCUT2D eigenvalue weighted by molar-refractivity contribution is -0.194. The van der Waals surface area contributed by atoms with Crippen LogP contribution in [0.15, 0.2) is 30.6 Å². The summed E-state index contributed by atoms with van der Waals surface area (Å²) in [5, 5.41) is 30.7. The second kappa shape index (κ2) is 9.08. The first kappa shape index (κ1) is 26.7. The van der Waals surface area contributed by atoms with Gasteiger partial charge in [0.2, 0.25) is 5.28 Å². The fourth-order valence-electron chi connectivity index (χ4n) is 4.69. The highest BCUT2D eigenvalue weighted by molar-refractivity contribution is 6.28. The summed E-state index contributed by atoms with van der Waals surface area (Å²) in [6, 6.07) is 5.70. The maximum absolute atomic E-state index is 15.6. The number of hydrogen-bond acceptors (Lipinski definition) is 10. The van der Waals surface area contributed by atoms with Gasteiger partial charge in [0.1, 0.15) is 17.7 Å². The van der Waals surface area contributed by atoms with Crippen molar-refractivity contribution >= 4 is 46.4 Å². The summed E-state index contributed by atoms with van der Waals surface area (Å²) in [6.07, 6.45) is -6.31. The first-order valence-electron chi connectivity index (χ1n) is 11.4. The number of aromatic nitrogens is 4. The number of alkyl halides is 1. The van der Waals surface area contributed by atoms with Crippen LogP contribution in [0.4, 0.5) is 10.2 Å². The quantitative estimate of drug-likeness (QED) is 0.215. The third kappa shape index (κ3) is 4.05. The van der Waals surface area contributed by atoms with Crippen LogP contribution < -0.4 is 5.73 Å². The van der Waals surface area contributed by atoms with E-state index in [9.17, 15) is 29.7 Å². The van der Waals surface area contributed by atoms with Crippen LogP contribution in [-0.2, 0) is 25.5 Å². The molecule has 14 nitrogen and oxygen atoms in total. The third-order valence-electron chi connectivity index (χ3n) is 6.80. The molecular weight excluding hydrogens is 543 g/mol. The molecule has 1 aliphatic carbocycles. The summed E-state index contributed by atoms with van der Waals surface area (Å²) in [4.78, 5) is 49.9. The van der Waals surface area contributed by atoms with Gasteiger partial charge in [-0.1, -0.05) is 12.1 Å². The van der Waals surface area contributed by atoms with Gasteiger partial charge in [-0.25, -0.2) is 19.0 Å². The Morgan fingerprint density at radius 2 is 1.97 bits per heavy atom. The third-order valence-corrected chi connectivity index (χ3v) is 6.97. The van der Waals surface area contributed by atoms with E-state index in [1.807, 2.05) is 0 Å². The number of nitrogens with zero attached hydrogens (tertiary/aromatic N) is 5. The van der Waals surface area contributed by atoms with Crippen LogP contribution in [0.2, 0.25) is 5.28 Å². The molecule has 0 unspecified atom stereocenters. The Labute approximate surface area is 223 Å². The van der Waals surface area contributed by atoms with Gasteiger partial charge in [-0.15, -0.1) is 0 Å². The van der Waals surface area contributed by atoms with Crippen LogP contribution >= 0.6 is 11.6 Å². The van der Waals surface area contributed by atoms with Gasteiger partial charge in [0.25, 0.3) is 11.5 Å². The second-order valence-corrected chi connectivity index (χ2v) is 9.83. The van der Waals surface area contributed by atoms with Crippen LogP contribution in [-0.4, -0.2) is 101 Å². The number of carboxylic acid groups (broad SMARTS) is 2. The summed E-state index contributed by atoms with van der Waals surface area (Å²) in [6.45, 7) is 0. The first-order valence-corrected chi connectivity index (χ1v) is 11.8. The number of fused-ring (bicyclic) bond motifs is 2. The average molecular weight is 565 g/mol. The Hall–Kier alpha value is -3.92. The predicted molar refractivity (Wildman–Crippen MR) is 130 cm³/mol. The average Bonchev–Trinajstić information content (AvgIpc) is 3.12. The summed E-state index contributed by atoms with van der Waals surface area (Å²) in [7, 11) is 3.04. The van der Waals surface area contributed by atoms with Crippen molar-refractivity contribution in [2.24, 2.45) is 0 Å². The van der Waals surface area contributed by atoms with E-state index in [4.69, 9.17) is 26.8 Å². The lowest BCUT2D eigenvalue weighted by atomic mass is 9.93. The molecule has 16 heteroatoms. The number of benzene rings is 1. The molecule has 206 valence electrons. The van der Waals surface area contributed by atoms with E-state index < -0.39 is 54.2 Å². The molecule has 1 aromatic carbocycles. The smallest absolute Gasteiger partial charge is 0.348 e. The number of carbonyl (C=O) groups is 3. The highest BCUT2D eigenvalue weighted by Crippen LogP contribution is 2.58. The lowest BCUT2D eigenvalue weighted by Crippen LogP contribution is -2.53. The molecule has 0 radical (unpaired) electrons. The van der Waals surface area contributed by atoms with Crippen LogP contribution in [0.25, 0.3) is 11.2 Å². The van der Waals surface area contributed by atoms with Gasteiger partial charge in [-0.2, -0.15) is 9.97 Å². The molecule has 0 spiro atoms. The van der Waals surface area contributed by atoms with Gasteiger partial charge in [0.05, 0.1) is 6.33 Å². The number of rotatable bonds is 8. The number of carboxylic acids is 2. The molecule has 2 aromatic heterocycles. The molecule has 2 aliphatic rings. The topological polar surface area (TPSA) is 203 Å². The number of anilines is 1. The number of nitrogen functional groups attached to an aromatic ring is 1. The van der Waals surface area contributed by atoms with Crippen LogP contribution in [0.3, 0.4) is 0 Å². The van der Waals surface area contributed by atoms with Crippen molar-refractivity contribution in [3.8, 4) is 0 Å². The number of ether oxygens (including phenoxy) is 2. The zero-order valence-corrected chi connectivity index (χ0v) is 21.1. The van der Waals surface area contributed by atoms with Crippen LogP contribution in [0.5, 0.6) is 0 Å². The van der Waals surface area contributed by atoms with Crippen molar-refractivity contribution < 1.29 is 43.6 Å². The highest BCUT2D eigenvalue weighted by atomic mass is 35.5. The molecule has 1 amide bonds. The number of hydrogen-bond donors (Lipinski definition) is 4. The minimum Gasteiger partial charge on any atom is -0.479 e. The molecule has 5 atom stereocenters. The zero-order chi connectivity index (χ0) is 28.4. The Morgan fingerprint density at radius 1 is 1.28 bits per heavy atom. The fraction of sp³-hybridized carbons (Fsp3) is 0.391. The molecule has 1 saturated carbocycles. The van der Waals surface area contributed by atoms with Crippen LogP contribution in [0, 0.1) is 0 Å². The monoisotopic (exact) mass is 564 g/mol. The van der Waals surface area contributed by atoms with Crippen molar-refractivity contribution in [2.75, 3.05) is 19.8 Å². The van der Waals surface area contributed by atoms with Crippen molar-refractivity contribution in [2.45, 2.75) is 42.2 Å². The maximum atomic E-state index is 15.6. The van der Waals surface area contributed by atoms with Crippen molar-refractivity contribution in [1.29, 1.82) is 0 Å². The van der Waals surface area contributed by atoms with Crippen molar-refractivity contribution in [3.05, 3.63) is 47.0 Å². The van der Waals surface area contributed by atoms with E-state index >= 15 is 4.39 Å². The van der Waals surface area contributed by atoms with Gasteiger partial charge >= 0.3 is 11.9 Å². The van der Waals surface area contributed by atoms with Crippen molar-refractivity contribution in [3.63, 3.8) is 0 Å². The Balaban J connectivity index is 1.41. The van der Waals surface area contributed by atoms with E-state index in [1.54, 1.807) is 0 Å².